The average Bonchev–Trinajstić information content (AvgIpc) is 2.74. The zero-order valence-electron chi connectivity index (χ0n) is 16.3. The summed E-state index contributed by atoms with van der Waals surface area (Å²) in [6.07, 6.45) is 4.88. The smallest absolute Gasteiger partial charge is 0.200 e. The molecule has 0 bridgehead atoms. The molecule has 1 aliphatic heterocycles. The Bertz CT molecular complexity index is 734. The van der Waals surface area contributed by atoms with E-state index in [0.29, 0.717) is 6.61 Å². The van der Waals surface area contributed by atoms with Gasteiger partial charge in [-0.2, -0.15) is 0 Å². The molecule has 1 aliphatic rings. The van der Waals surface area contributed by atoms with Crippen LogP contribution in [0.5, 0.6) is 11.5 Å². The summed E-state index contributed by atoms with van der Waals surface area (Å²) >= 11 is 0. The molecule has 0 aromatic heterocycles. The third kappa shape index (κ3) is 5.04. The van der Waals surface area contributed by atoms with Crippen LogP contribution in [0.15, 0.2) is 54.6 Å². The molecule has 4 nitrogen and oxygen atoms in total. The van der Waals surface area contributed by atoms with Crippen LogP contribution in [0.3, 0.4) is 0 Å². The minimum absolute atomic E-state index is 0.230. The van der Waals surface area contributed by atoms with Gasteiger partial charge in [0.15, 0.2) is 0 Å². The lowest BCUT2D eigenvalue weighted by molar-refractivity contribution is -0.108. The van der Waals surface area contributed by atoms with E-state index in [-0.39, 0.29) is 12.2 Å². The number of benzene rings is 2. The second-order valence-corrected chi connectivity index (χ2v) is 6.65. The highest BCUT2D eigenvalue weighted by molar-refractivity contribution is 5.62. The highest BCUT2D eigenvalue weighted by atomic mass is 16.7. The molecule has 0 aliphatic carbocycles. The topological polar surface area (TPSA) is 36.9 Å². The number of rotatable bonds is 8. The molecule has 0 amide bonds. The van der Waals surface area contributed by atoms with Gasteiger partial charge in [-0.1, -0.05) is 25.5 Å². The van der Waals surface area contributed by atoms with Crippen molar-refractivity contribution in [1.82, 2.24) is 0 Å². The van der Waals surface area contributed by atoms with Crippen LogP contribution < -0.4 is 9.47 Å². The van der Waals surface area contributed by atoms with Gasteiger partial charge in [0, 0.05) is 17.9 Å². The number of methoxy groups -OCH3 is 2. The summed E-state index contributed by atoms with van der Waals surface area (Å²) in [5, 5.41) is 0. The minimum Gasteiger partial charge on any atom is -0.497 e. The van der Waals surface area contributed by atoms with Gasteiger partial charge in [-0.05, 0) is 54.5 Å². The van der Waals surface area contributed by atoms with Crippen LogP contribution in [-0.4, -0.2) is 27.1 Å². The Kier molecular flexibility index (Phi) is 6.77. The maximum absolute atomic E-state index is 6.16. The van der Waals surface area contributed by atoms with Crippen LogP contribution in [0.25, 0.3) is 5.76 Å². The first kappa shape index (κ1) is 19.3. The van der Waals surface area contributed by atoms with E-state index in [0.717, 1.165) is 42.1 Å². The molecule has 0 N–H and O–H groups in total. The van der Waals surface area contributed by atoms with Crippen LogP contribution in [0.4, 0.5) is 0 Å². The molecular formula is C23H28O4. The Morgan fingerprint density at radius 1 is 0.926 bits per heavy atom. The Morgan fingerprint density at radius 3 is 2.15 bits per heavy atom. The lowest BCUT2D eigenvalue weighted by Crippen LogP contribution is -2.24. The molecule has 27 heavy (non-hydrogen) atoms. The summed E-state index contributed by atoms with van der Waals surface area (Å²) in [7, 11) is 3.35. The van der Waals surface area contributed by atoms with Gasteiger partial charge in [0.2, 0.25) is 6.29 Å². The molecule has 1 heterocycles. The Morgan fingerprint density at radius 2 is 1.56 bits per heavy atom. The fraction of sp³-hybridized carbons (Fsp3) is 0.391. The number of hydrogen-bond acceptors (Lipinski definition) is 4. The van der Waals surface area contributed by atoms with Crippen molar-refractivity contribution >= 4 is 5.76 Å². The Balaban J connectivity index is 1.84. The van der Waals surface area contributed by atoms with Crippen LogP contribution in [0, 0.1) is 0 Å². The van der Waals surface area contributed by atoms with Crippen LogP contribution in [0.2, 0.25) is 0 Å². The van der Waals surface area contributed by atoms with Crippen molar-refractivity contribution in [2.45, 2.75) is 38.4 Å². The summed E-state index contributed by atoms with van der Waals surface area (Å²) in [5.74, 6) is 2.78. The molecular weight excluding hydrogens is 340 g/mol. The summed E-state index contributed by atoms with van der Waals surface area (Å²) in [6, 6.07) is 16.2. The van der Waals surface area contributed by atoms with Crippen molar-refractivity contribution in [3.8, 4) is 11.5 Å². The predicted octanol–water partition coefficient (Wildman–Crippen LogP) is 5.39. The van der Waals surface area contributed by atoms with E-state index in [4.69, 9.17) is 18.9 Å². The first-order chi connectivity index (χ1) is 13.2. The zero-order valence-corrected chi connectivity index (χ0v) is 16.3. The van der Waals surface area contributed by atoms with Gasteiger partial charge < -0.3 is 18.9 Å². The van der Waals surface area contributed by atoms with Gasteiger partial charge in [-0.25, -0.2) is 0 Å². The number of unbranched alkanes of at least 4 members (excludes halogenated alkanes) is 1. The van der Waals surface area contributed by atoms with Crippen LogP contribution >= 0.6 is 0 Å². The van der Waals surface area contributed by atoms with Gasteiger partial charge in [0.25, 0.3) is 0 Å². The van der Waals surface area contributed by atoms with E-state index in [1.165, 1.54) is 5.56 Å². The fourth-order valence-electron chi connectivity index (χ4n) is 3.15. The van der Waals surface area contributed by atoms with Gasteiger partial charge >= 0.3 is 0 Å². The van der Waals surface area contributed by atoms with Crippen LogP contribution in [-0.2, 0) is 9.47 Å². The lowest BCUT2D eigenvalue weighted by atomic mass is 9.92. The van der Waals surface area contributed by atoms with Crippen LogP contribution in [0.1, 0.15) is 43.2 Å². The maximum atomic E-state index is 6.16. The Hall–Kier alpha value is -2.46. The highest BCUT2D eigenvalue weighted by Crippen LogP contribution is 2.36. The third-order valence-corrected chi connectivity index (χ3v) is 4.78. The SMILES string of the molecule is CCCCOC1CC(c2ccc(OC)cc2)C=C(c2ccc(OC)cc2)O1. The molecule has 0 radical (unpaired) electrons. The zero-order chi connectivity index (χ0) is 19.1. The molecule has 0 saturated heterocycles. The minimum atomic E-state index is -0.245. The average molecular weight is 368 g/mol. The van der Waals surface area contributed by atoms with Gasteiger partial charge in [0.05, 0.1) is 20.8 Å². The van der Waals surface area contributed by atoms with E-state index in [1.807, 2.05) is 36.4 Å². The summed E-state index contributed by atoms with van der Waals surface area (Å²) in [6.45, 7) is 2.88. The van der Waals surface area contributed by atoms with Gasteiger partial charge in [-0.15, -0.1) is 0 Å². The van der Waals surface area contributed by atoms with Crippen molar-refractivity contribution < 1.29 is 18.9 Å². The molecule has 2 aromatic carbocycles. The summed E-state index contributed by atoms with van der Waals surface area (Å²) in [4.78, 5) is 0. The second kappa shape index (κ2) is 9.47. The van der Waals surface area contributed by atoms with E-state index < -0.39 is 0 Å². The Labute approximate surface area is 161 Å². The highest BCUT2D eigenvalue weighted by Gasteiger charge is 2.26. The lowest BCUT2D eigenvalue weighted by Gasteiger charge is -2.30. The first-order valence-corrected chi connectivity index (χ1v) is 9.52. The van der Waals surface area contributed by atoms with E-state index in [2.05, 4.69) is 25.1 Å². The largest absolute Gasteiger partial charge is 0.497 e. The molecule has 0 fully saturated rings. The quantitative estimate of drug-likeness (QED) is 0.585. The molecule has 2 aromatic rings. The summed E-state index contributed by atoms with van der Waals surface area (Å²) < 4.78 is 22.7. The predicted molar refractivity (Wildman–Crippen MR) is 107 cm³/mol. The van der Waals surface area contributed by atoms with E-state index in [1.54, 1.807) is 14.2 Å². The second-order valence-electron chi connectivity index (χ2n) is 6.65. The number of allylic oxidation sites excluding steroid dienone is 1. The van der Waals surface area contributed by atoms with Crippen molar-refractivity contribution in [2.75, 3.05) is 20.8 Å². The standard InChI is InChI=1S/C23H28O4/c1-4-5-14-26-23-16-19(17-6-10-20(24-2)11-7-17)15-22(27-23)18-8-12-21(25-3)13-9-18/h6-13,15,19,23H,4-5,14,16H2,1-3H3. The molecule has 3 rings (SSSR count). The molecule has 2 atom stereocenters. The first-order valence-electron chi connectivity index (χ1n) is 9.52. The molecule has 0 spiro atoms. The fourth-order valence-corrected chi connectivity index (χ4v) is 3.15. The summed E-state index contributed by atoms with van der Waals surface area (Å²) in [5.41, 5.74) is 2.26. The normalized spacial score (nSPS) is 19.1. The van der Waals surface area contributed by atoms with Gasteiger partial charge in [-0.3, -0.25) is 0 Å². The van der Waals surface area contributed by atoms with Crippen molar-refractivity contribution in [3.05, 3.63) is 65.7 Å². The maximum Gasteiger partial charge on any atom is 0.200 e. The monoisotopic (exact) mass is 368 g/mol. The molecule has 2 unspecified atom stereocenters. The molecule has 4 heteroatoms. The number of ether oxygens (including phenoxy) is 4. The van der Waals surface area contributed by atoms with Crippen molar-refractivity contribution in [1.29, 1.82) is 0 Å². The molecule has 144 valence electrons. The number of hydrogen-bond donors (Lipinski definition) is 0. The van der Waals surface area contributed by atoms with Crippen molar-refractivity contribution in [2.24, 2.45) is 0 Å². The van der Waals surface area contributed by atoms with E-state index in [9.17, 15) is 0 Å². The third-order valence-electron chi connectivity index (χ3n) is 4.78. The molecule has 0 saturated carbocycles. The van der Waals surface area contributed by atoms with E-state index >= 15 is 0 Å². The van der Waals surface area contributed by atoms with Crippen molar-refractivity contribution in [3.63, 3.8) is 0 Å². The van der Waals surface area contributed by atoms with Gasteiger partial charge in [0.1, 0.15) is 17.3 Å².